The van der Waals surface area contributed by atoms with Gasteiger partial charge in [-0.05, 0) is 20.8 Å². The Labute approximate surface area is 120 Å². The highest BCUT2D eigenvalue weighted by molar-refractivity contribution is 7.85. The van der Waals surface area contributed by atoms with Gasteiger partial charge in [0.25, 0.3) is 10.1 Å². The molecule has 8 heteroatoms. The van der Waals surface area contributed by atoms with Gasteiger partial charge in [0.05, 0.1) is 19.3 Å². The lowest BCUT2D eigenvalue weighted by atomic mass is 9.98. The van der Waals surface area contributed by atoms with E-state index in [0.29, 0.717) is 0 Å². The molecule has 0 aliphatic carbocycles. The fourth-order valence-corrected chi connectivity index (χ4v) is 1.82. The average Bonchev–Trinajstić information content (AvgIpc) is 2.22. The molecule has 6 nitrogen and oxygen atoms in total. The van der Waals surface area contributed by atoms with Crippen LogP contribution in [-0.2, 0) is 19.0 Å². The Kier molecular flexibility index (Phi) is 6.41. The summed E-state index contributed by atoms with van der Waals surface area (Å²) in [5, 5.41) is 0. The molecule has 0 aromatic rings. The van der Waals surface area contributed by atoms with Gasteiger partial charge in [0.2, 0.25) is 0 Å². The van der Waals surface area contributed by atoms with Crippen LogP contribution in [0.2, 0.25) is 0 Å². The highest BCUT2D eigenvalue weighted by Gasteiger charge is 2.48. The monoisotopic (exact) mass is 313 g/mol. The van der Waals surface area contributed by atoms with Crippen LogP contribution in [0.5, 0.6) is 0 Å². The summed E-state index contributed by atoms with van der Waals surface area (Å²) < 4.78 is 44.7. The number of rotatable bonds is 3. The highest BCUT2D eigenvalue weighted by atomic mass is 32.2. The van der Waals surface area contributed by atoms with Crippen molar-refractivity contribution in [2.24, 2.45) is 0 Å². The van der Waals surface area contributed by atoms with Gasteiger partial charge in [0, 0.05) is 0 Å². The number of likely N-dealkylation sites (tertiary alicyclic amines) is 1. The molecule has 0 bridgehead atoms. The molecule has 0 aromatic carbocycles. The minimum atomic E-state index is -3.67. The lowest BCUT2D eigenvalue weighted by Gasteiger charge is -2.43. The summed E-state index contributed by atoms with van der Waals surface area (Å²) in [6, 6.07) is 0. The van der Waals surface area contributed by atoms with Gasteiger partial charge in [-0.1, -0.05) is 13.8 Å². The van der Waals surface area contributed by atoms with Gasteiger partial charge in [0.15, 0.2) is 5.67 Å². The number of carbonyl (C=O) groups excluding carboxylic acids is 1. The van der Waals surface area contributed by atoms with Gasteiger partial charge in [-0.2, -0.15) is 8.42 Å². The van der Waals surface area contributed by atoms with Crippen LogP contribution in [0.4, 0.5) is 9.18 Å². The summed E-state index contributed by atoms with van der Waals surface area (Å²) >= 11 is 0. The first kappa shape index (κ1) is 19.1. The lowest BCUT2D eigenvalue weighted by Crippen LogP contribution is -2.63. The first-order chi connectivity index (χ1) is 8.90. The van der Waals surface area contributed by atoms with Crippen molar-refractivity contribution in [3.63, 3.8) is 0 Å². The largest absolute Gasteiger partial charge is 0.444 e. The molecule has 1 rings (SSSR count). The lowest BCUT2D eigenvalue weighted by molar-refractivity contribution is -0.0675. The highest BCUT2D eigenvalue weighted by Crippen LogP contribution is 2.27. The number of carbonyl (C=O) groups is 1. The van der Waals surface area contributed by atoms with Crippen LogP contribution in [0.1, 0.15) is 34.6 Å². The van der Waals surface area contributed by atoms with E-state index in [-0.39, 0.29) is 13.1 Å². The molecule has 1 aliphatic heterocycles. The Morgan fingerprint density at radius 3 is 2.10 bits per heavy atom. The average molecular weight is 313 g/mol. The minimum Gasteiger partial charge on any atom is -0.444 e. The van der Waals surface area contributed by atoms with E-state index in [1.165, 1.54) is 0 Å². The van der Waals surface area contributed by atoms with E-state index in [2.05, 4.69) is 4.18 Å². The smallest absolute Gasteiger partial charge is 0.410 e. The van der Waals surface area contributed by atoms with E-state index in [4.69, 9.17) is 4.74 Å². The molecule has 1 heterocycles. The summed E-state index contributed by atoms with van der Waals surface area (Å²) in [7, 11) is -3.67. The van der Waals surface area contributed by atoms with Crippen LogP contribution in [-0.4, -0.2) is 56.6 Å². The molecule has 0 unspecified atom stereocenters. The number of hydrogen-bond donors (Lipinski definition) is 0. The number of nitrogens with zero attached hydrogens (tertiary/aromatic N) is 1. The maximum Gasteiger partial charge on any atom is 0.410 e. The predicted molar refractivity (Wildman–Crippen MR) is 73.8 cm³/mol. The zero-order chi connectivity index (χ0) is 16.2. The standard InChI is InChI=1S/C10H18FNO5S.C2H6/c1-9(2,3)17-8(13)12-5-10(11,6-12)7-16-18(4,14)15;1-2/h5-7H2,1-4H3;1-2H3. The molecule has 120 valence electrons. The first-order valence-corrected chi connectivity index (χ1v) is 8.23. The third-order valence-electron chi connectivity index (χ3n) is 2.13. The fraction of sp³-hybridized carbons (Fsp3) is 0.917. The van der Waals surface area contributed by atoms with Crippen molar-refractivity contribution >= 4 is 16.2 Å². The van der Waals surface area contributed by atoms with E-state index < -0.39 is 34.1 Å². The third kappa shape index (κ3) is 7.04. The minimum absolute atomic E-state index is 0.225. The van der Waals surface area contributed by atoms with Crippen LogP contribution in [0.25, 0.3) is 0 Å². The first-order valence-electron chi connectivity index (χ1n) is 6.42. The van der Waals surface area contributed by atoms with E-state index in [1.54, 1.807) is 20.8 Å². The molecule has 0 aromatic heterocycles. The maximum absolute atomic E-state index is 13.8. The second-order valence-corrected chi connectivity index (χ2v) is 7.10. The molecule has 1 amide bonds. The molecule has 0 saturated carbocycles. The zero-order valence-electron chi connectivity index (χ0n) is 12.9. The van der Waals surface area contributed by atoms with Crippen LogP contribution in [0.3, 0.4) is 0 Å². The summed E-state index contributed by atoms with van der Waals surface area (Å²) in [5.74, 6) is 0. The third-order valence-corrected chi connectivity index (χ3v) is 2.68. The molecule has 0 spiro atoms. The summed E-state index contributed by atoms with van der Waals surface area (Å²) in [4.78, 5) is 12.7. The molecule has 0 N–H and O–H groups in total. The van der Waals surface area contributed by atoms with Crippen molar-refractivity contribution in [1.82, 2.24) is 4.90 Å². The van der Waals surface area contributed by atoms with E-state index in [0.717, 1.165) is 11.2 Å². The van der Waals surface area contributed by atoms with Crippen molar-refractivity contribution in [2.75, 3.05) is 26.0 Å². The van der Waals surface area contributed by atoms with Crippen molar-refractivity contribution in [2.45, 2.75) is 45.9 Å². The Bertz CT molecular complexity index is 424. The topological polar surface area (TPSA) is 72.9 Å². The van der Waals surface area contributed by atoms with Gasteiger partial charge in [0.1, 0.15) is 12.2 Å². The second-order valence-electron chi connectivity index (χ2n) is 5.45. The van der Waals surface area contributed by atoms with Crippen LogP contribution >= 0.6 is 0 Å². The summed E-state index contributed by atoms with van der Waals surface area (Å²) in [6.45, 7) is 8.10. The van der Waals surface area contributed by atoms with E-state index in [1.807, 2.05) is 13.8 Å². The van der Waals surface area contributed by atoms with Gasteiger partial charge in [-0.25, -0.2) is 9.18 Å². The number of amides is 1. The molecule has 1 aliphatic rings. The summed E-state index contributed by atoms with van der Waals surface area (Å²) in [6.07, 6.45) is 0.232. The predicted octanol–water partition coefficient (Wildman–Crippen LogP) is 1.95. The molecule has 1 saturated heterocycles. The van der Waals surface area contributed by atoms with Crippen molar-refractivity contribution in [3.05, 3.63) is 0 Å². The number of halogens is 1. The molecular weight excluding hydrogens is 289 g/mol. The van der Waals surface area contributed by atoms with E-state index in [9.17, 15) is 17.6 Å². The van der Waals surface area contributed by atoms with Crippen LogP contribution in [0.15, 0.2) is 0 Å². The van der Waals surface area contributed by atoms with Crippen molar-refractivity contribution in [1.29, 1.82) is 0 Å². The Morgan fingerprint density at radius 2 is 1.75 bits per heavy atom. The number of hydrogen-bond acceptors (Lipinski definition) is 5. The molecular formula is C12H24FNO5S. The van der Waals surface area contributed by atoms with Crippen molar-refractivity contribution < 1.29 is 26.5 Å². The van der Waals surface area contributed by atoms with Crippen LogP contribution in [0, 0.1) is 0 Å². The Hall–Kier alpha value is -0.890. The molecule has 20 heavy (non-hydrogen) atoms. The van der Waals surface area contributed by atoms with Crippen LogP contribution < -0.4 is 0 Å². The van der Waals surface area contributed by atoms with Gasteiger partial charge in [-0.3, -0.25) is 4.18 Å². The van der Waals surface area contributed by atoms with E-state index >= 15 is 0 Å². The Morgan fingerprint density at radius 1 is 1.30 bits per heavy atom. The number of alkyl halides is 1. The second kappa shape index (κ2) is 6.71. The van der Waals surface area contributed by atoms with Crippen molar-refractivity contribution in [3.8, 4) is 0 Å². The normalized spacial score (nSPS) is 17.6. The zero-order valence-corrected chi connectivity index (χ0v) is 13.7. The number of ether oxygens (including phenoxy) is 1. The SMILES string of the molecule is CC.CC(C)(C)OC(=O)N1CC(F)(COS(C)(=O)=O)C1. The summed E-state index contributed by atoms with van der Waals surface area (Å²) in [5.41, 5.74) is -2.46. The quantitative estimate of drug-likeness (QED) is 0.745. The fourth-order valence-electron chi connectivity index (χ4n) is 1.40. The molecule has 1 fully saturated rings. The maximum atomic E-state index is 13.8. The van der Waals surface area contributed by atoms with Gasteiger partial charge >= 0.3 is 6.09 Å². The van der Waals surface area contributed by atoms with Gasteiger partial charge in [-0.15, -0.1) is 0 Å². The Balaban J connectivity index is 0.00000172. The molecule has 0 atom stereocenters. The van der Waals surface area contributed by atoms with Gasteiger partial charge < -0.3 is 9.64 Å². The molecule has 0 radical (unpaired) electrons.